The third-order valence-corrected chi connectivity index (χ3v) is 3.44. The van der Waals surface area contributed by atoms with Gasteiger partial charge in [-0.3, -0.25) is 4.79 Å². The molecule has 0 aromatic heterocycles. The van der Waals surface area contributed by atoms with E-state index >= 15 is 0 Å². The molecule has 20 heavy (non-hydrogen) atoms. The molecule has 0 aliphatic heterocycles. The Balaban J connectivity index is 3.53. The van der Waals surface area contributed by atoms with E-state index in [1.807, 2.05) is 0 Å². The molecule has 0 heterocycles. The quantitative estimate of drug-likeness (QED) is 0.291. The summed E-state index contributed by atoms with van der Waals surface area (Å²) in [6, 6.07) is -0.575. The highest BCUT2D eigenvalue weighted by Crippen LogP contribution is 2.10. The number of carboxylic acids is 1. The van der Waals surface area contributed by atoms with Crippen molar-refractivity contribution < 1.29 is 20.1 Å². The molecule has 0 rings (SSSR count). The molecule has 0 aromatic rings. The predicted octanol–water partition coefficient (Wildman–Crippen LogP) is 2.26. The van der Waals surface area contributed by atoms with Crippen LogP contribution in [0.3, 0.4) is 0 Å². The summed E-state index contributed by atoms with van der Waals surface area (Å²) in [5, 5.41) is 29.3. The van der Waals surface area contributed by atoms with Crippen LogP contribution < -0.4 is 5.32 Å². The molecule has 120 valence electrons. The minimum absolute atomic E-state index is 0.154. The summed E-state index contributed by atoms with van der Waals surface area (Å²) in [6.45, 7) is 2.51. The molecule has 0 aliphatic carbocycles. The van der Waals surface area contributed by atoms with Gasteiger partial charge in [0.1, 0.15) is 6.04 Å². The summed E-state index contributed by atoms with van der Waals surface area (Å²) in [7, 11) is 0. The van der Waals surface area contributed by atoms with Crippen LogP contribution >= 0.6 is 0 Å². The van der Waals surface area contributed by atoms with Crippen LogP contribution in [0, 0.1) is 0 Å². The lowest BCUT2D eigenvalue weighted by molar-refractivity contribution is -0.139. The fraction of sp³-hybridized carbons (Fsp3) is 0.933. The number of nitrogens with one attached hydrogen (secondary N) is 1. The molecule has 5 nitrogen and oxygen atoms in total. The molecule has 5 heteroatoms. The van der Waals surface area contributed by atoms with Crippen molar-refractivity contribution in [2.75, 3.05) is 6.54 Å². The van der Waals surface area contributed by atoms with Crippen LogP contribution in [-0.2, 0) is 4.79 Å². The fourth-order valence-electron chi connectivity index (χ4n) is 2.18. The second-order valence-electron chi connectivity index (χ2n) is 5.38. The highest BCUT2D eigenvalue weighted by atomic mass is 16.5. The zero-order valence-electron chi connectivity index (χ0n) is 12.7. The van der Waals surface area contributed by atoms with E-state index in [-0.39, 0.29) is 6.42 Å². The SMILES string of the molecule is CCCCCCCCCCC(NCCC(O)O)C(=O)O. The molecule has 0 fully saturated rings. The summed E-state index contributed by atoms with van der Waals surface area (Å²) in [6.07, 6.45) is 8.92. The fourth-order valence-corrected chi connectivity index (χ4v) is 2.18. The predicted molar refractivity (Wildman–Crippen MR) is 79.5 cm³/mol. The molecule has 0 saturated heterocycles. The number of aliphatic hydroxyl groups is 2. The number of hydrogen-bond donors (Lipinski definition) is 4. The van der Waals surface area contributed by atoms with Gasteiger partial charge in [0.15, 0.2) is 6.29 Å². The van der Waals surface area contributed by atoms with Crippen molar-refractivity contribution in [3.8, 4) is 0 Å². The number of aliphatic carboxylic acids is 1. The van der Waals surface area contributed by atoms with Crippen molar-refractivity contribution in [2.45, 2.75) is 83.5 Å². The number of aliphatic hydroxyl groups excluding tert-OH is 1. The monoisotopic (exact) mass is 289 g/mol. The molecule has 4 N–H and O–H groups in total. The zero-order chi connectivity index (χ0) is 15.2. The average Bonchev–Trinajstić information content (AvgIpc) is 2.39. The first-order valence-electron chi connectivity index (χ1n) is 7.90. The van der Waals surface area contributed by atoms with Gasteiger partial charge < -0.3 is 20.6 Å². The highest BCUT2D eigenvalue weighted by molar-refractivity contribution is 5.73. The number of hydrogen-bond acceptors (Lipinski definition) is 4. The second-order valence-corrected chi connectivity index (χ2v) is 5.38. The summed E-state index contributed by atoms with van der Waals surface area (Å²) in [5.41, 5.74) is 0. The van der Waals surface area contributed by atoms with Crippen molar-refractivity contribution in [3.05, 3.63) is 0 Å². The smallest absolute Gasteiger partial charge is 0.320 e. The Morgan fingerprint density at radius 2 is 1.50 bits per heavy atom. The van der Waals surface area contributed by atoms with Crippen molar-refractivity contribution in [2.24, 2.45) is 0 Å². The van der Waals surface area contributed by atoms with Crippen LogP contribution in [0.1, 0.15) is 71.1 Å². The third kappa shape index (κ3) is 12.4. The van der Waals surface area contributed by atoms with Crippen molar-refractivity contribution in [3.63, 3.8) is 0 Å². The molecule has 0 spiro atoms. The lowest BCUT2D eigenvalue weighted by atomic mass is 10.0. The first kappa shape index (κ1) is 19.4. The number of carbonyl (C=O) groups is 1. The van der Waals surface area contributed by atoms with Gasteiger partial charge in [-0.15, -0.1) is 0 Å². The highest BCUT2D eigenvalue weighted by Gasteiger charge is 2.15. The lowest BCUT2D eigenvalue weighted by Gasteiger charge is -2.14. The van der Waals surface area contributed by atoms with E-state index < -0.39 is 18.3 Å². The normalized spacial score (nSPS) is 12.8. The summed E-state index contributed by atoms with van der Waals surface area (Å²) >= 11 is 0. The topological polar surface area (TPSA) is 89.8 Å². The Morgan fingerprint density at radius 1 is 0.950 bits per heavy atom. The van der Waals surface area contributed by atoms with E-state index in [4.69, 9.17) is 15.3 Å². The standard InChI is InChI=1S/C15H31NO4/c1-2-3-4-5-6-7-8-9-10-13(15(19)20)16-12-11-14(17)18/h13-14,16-18H,2-12H2,1H3,(H,19,20). The van der Waals surface area contributed by atoms with E-state index in [2.05, 4.69) is 12.2 Å². The van der Waals surface area contributed by atoms with Gasteiger partial charge in [0.2, 0.25) is 0 Å². The Hall–Kier alpha value is -0.650. The number of unbranched alkanes of at least 4 members (excludes halogenated alkanes) is 7. The average molecular weight is 289 g/mol. The van der Waals surface area contributed by atoms with Crippen LogP contribution in [-0.4, -0.2) is 40.2 Å². The van der Waals surface area contributed by atoms with E-state index in [0.717, 1.165) is 12.8 Å². The molecule has 1 atom stereocenters. The molecule has 0 amide bonds. The maximum Gasteiger partial charge on any atom is 0.320 e. The second kappa shape index (κ2) is 13.3. The Bertz CT molecular complexity index is 234. The molecule has 0 aromatic carbocycles. The van der Waals surface area contributed by atoms with Crippen molar-refractivity contribution >= 4 is 5.97 Å². The third-order valence-electron chi connectivity index (χ3n) is 3.44. The Labute approximate surface area is 122 Å². The first-order chi connectivity index (χ1) is 9.57. The minimum atomic E-state index is -1.37. The zero-order valence-corrected chi connectivity index (χ0v) is 12.7. The van der Waals surface area contributed by atoms with Crippen molar-refractivity contribution in [1.29, 1.82) is 0 Å². The molecular weight excluding hydrogens is 258 g/mol. The van der Waals surface area contributed by atoms with Gasteiger partial charge in [-0.2, -0.15) is 0 Å². The van der Waals surface area contributed by atoms with E-state index in [1.165, 1.54) is 38.5 Å². The van der Waals surface area contributed by atoms with Crippen LogP contribution in [0.5, 0.6) is 0 Å². The molecule has 0 aliphatic rings. The Kier molecular flexibility index (Phi) is 12.9. The minimum Gasteiger partial charge on any atom is -0.480 e. The number of carboxylic acid groups (broad SMARTS) is 1. The molecular formula is C15H31NO4. The van der Waals surface area contributed by atoms with Gasteiger partial charge >= 0.3 is 5.97 Å². The van der Waals surface area contributed by atoms with E-state index in [0.29, 0.717) is 13.0 Å². The van der Waals surface area contributed by atoms with Gasteiger partial charge in [0.25, 0.3) is 0 Å². The van der Waals surface area contributed by atoms with Crippen molar-refractivity contribution in [1.82, 2.24) is 5.32 Å². The van der Waals surface area contributed by atoms with Gasteiger partial charge in [0, 0.05) is 13.0 Å². The van der Waals surface area contributed by atoms with Crippen LogP contribution in [0.2, 0.25) is 0 Å². The molecule has 0 saturated carbocycles. The summed E-state index contributed by atoms with van der Waals surface area (Å²) in [4.78, 5) is 11.0. The van der Waals surface area contributed by atoms with Gasteiger partial charge in [0.05, 0.1) is 0 Å². The molecule has 0 bridgehead atoms. The first-order valence-corrected chi connectivity index (χ1v) is 7.90. The Morgan fingerprint density at radius 3 is 2.00 bits per heavy atom. The van der Waals surface area contributed by atoms with Gasteiger partial charge in [-0.25, -0.2) is 0 Å². The van der Waals surface area contributed by atoms with E-state index in [9.17, 15) is 4.79 Å². The molecule has 1 unspecified atom stereocenters. The van der Waals surface area contributed by atoms with Crippen LogP contribution in [0.25, 0.3) is 0 Å². The van der Waals surface area contributed by atoms with E-state index in [1.54, 1.807) is 0 Å². The maximum atomic E-state index is 11.0. The number of rotatable bonds is 14. The van der Waals surface area contributed by atoms with Crippen LogP contribution in [0.4, 0.5) is 0 Å². The largest absolute Gasteiger partial charge is 0.480 e. The maximum absolute atomic E-state index is 11.0. The van der Waals surface area contributed by atoms with Gasteiger partial charge in [-0.1, -0.05) is 58.3 Å². The van der Waals surface area contributed by atoms with Crippen LogP contribution in [0.15, 0.2) is 0 Å². The summed E-state index contributed by atoms with van der Waals surface area (Å²) < 4.78 is 0. The van der Waals surface area contributed by atoms with Gasteiger partial charge in [-0.05, 0) is 6.42 Å². The summed E-state index contributed by atoms with van der Waals surface area (Å²) in [5.74, 6) is -0.861. The molecule has 0 radical (unpaired) electrons. The lowest BCUT2D eigenvalue weighted by Crippen LogP contribution is -2.38.